The van der Waals surface area contributed by atoms with Crippen molar-refractivity contribution in [2.45, 2.75) is 46.6 Å². The van der Waals surface area contributed by atoms with Crippen LogP contribution in [-0.4, -0.2) is 35.0 Å². The smallest absolute Gasteiger partial charge is 0.223 e. The van der Waals surface area contributed by atoms with Crippen molar-refractivity contribution in [3.63, 3.8) is 0 Å². The monoisotopic (exact) mass is 276 g/mol. The van der Waals surface area contributed by atoms with Gasteiger partial charge in [-0.3, -0.25) is 4.79 Å². The molecule has 0 bridgehead atoms. The minimum atomic E-state index is 0.0358. The van der Waals surface area contributed by atoms with E-state index in [9.17, 15) is 4.79 Å². The van der Waals surface area contributed by atoms with Crippen molar-refractivity contribution >= 4 is 5.91 Å². The van der Waals surface area contributed by atoms with Crippen LogP contribution in [0.3, 0.4) is 0 Å². The molecule has 0 radical (unpaired) electrons. The van der Waals surface area contributed by atoms with Gasteiger partial charge in [0.25, 0.3) is 0 Å². The van der Waals surface area contributed by atoms with Gasteiger partial charge in [0.2, 0.25) is 11.8 Å². The molecule has 2 heterocycles. The Morgan fingerprint density at radius 2 is 2.20 bits per heavy atom. The molecule has 1 fully saturated rings. The summed E-state index contributed by atoms with van der Waals surface area (Å²) in [5.74, 6) is 0.876. The van der Waals surface area contributed by atoms with E-state index < -0.39 is 0 Å². The molecule has 1 unspecified atom stereocenters. The van der Waals surface area contributed by atoms with E-state index in [-0.39, 0.29) is 17.4 Å². The Kier molecular flexibility index (Phi) is 4.31. The van der Waals surface area contributed by atoms with Gasteiger partial charge < -0.3 is 9.64 Å². The number of pyridine rings is 1. The number of likely N-dealkylation sites (tertiary alicyclic amines) is 1. The standard InChI is InChI=1S/C16H24N2O2/c1-12-6-5-7-14(17-12)20-13-8-9-18(11-13)15(19)10-16(2,3)4/h5-7,13H,8-11H2,1-4H3. The molecule has 1 aliphatic heterocycles. The Balaban J connectivity index is 1.88. The van der Waals surface area contributed by atoms with Crippen LogP contribution in [0.1, 0.15) is 39.3 Å². The molecule has 2 rings (SSSR count). The Morgan fingerprint density at radius 1 is 1.45 bits per heavy atom. The van der Waals surface area contributed by atoms with Crippen LogP contribution in [0.4, 0.5) is 0 Å². The summed E-state index contributed by atoms with van der Waals surface area (Å²) in [7, 11) is 0. The van der Waals surface area contributed by atoms with Crippen molar-refractivity contribution in [3.8, 4) is 5.88 Å². The van der Waals surface area contributed by atoms with Gasteiger partial charge in [-0.25, -0.2) is 4.98 Å². The third-order valence-corrected chi connectivity index (χ3v) is 3.33. The lowest BCUT2D eigenvalue weighted by Gasteiger charge is -2.23. The van der Waals surface area contributed by atoms with E-state index in [2.05, 4.69) is 25.8 Å². The maximum absolute atomic E-state index is 12.2. The zero-order valence-electron chi connectivity index (χ0n) is 12.8. The number of carbonyl (C=O) groups is 1. The van der Waals surface area contributed by atoms with Crippen LogP contribution in [-0.2, 0) is 4.79 Å². The molecule has 0 spiro atoms. The summed E-state index contributed by atoms with van der Waals surface area (Å²) in [5, 5.41) is 0. The fourth-order valence-corrected chi connectivity index (χ4v) is 2.37. The van der Waals surface area contributed by atoms with Crippen LogP contribution in [0.15, 0.2) is 18.2 Å². The Hall–Kier alpha value is -1.58. The first-order valence-electron chi connectivity index (χ1n) is 7.21. The van der Waals surface area contributed by atoms with Crippen LogP contribution in [0, 0.1) is 12.3 Å². The number of nitrogens with zero attached hydrogens (tertiary/aromatic N) is 2. The summed E-state index contributed by atoms with van der Waals surface area (Å²) in [4.78, 5) is 18.4. The third kappa shape index (κ3) is 4.22. The minimum absolute atomic E-state index is 0.0358. The van der Waals surface area contributed by atoms with Gasteiger partial charge >= 0.3 is 0 Å². The van der Waals surface area contributed by atoms with Crippen LogP contribution < -0.4 is 4.74 Å². The fraction of sp³-hybridized carbons (Fsp3) is 0.625. The van der Waals surface area contributed by atoms with E-state index in [0.29, 0.717) is 18.8 Å². The van der Waals surface area contributed by atoms with Crippen molar-refractivity contribution in [2.24, 2.45) is 5.41 Å². The molecule has 4 nitrogen and oxygen atoms in total. The van der Waals surface area contributed by atoms with Gasteiger partial charge in [0, 0.05) is 31.1 Å². The molecule has 20 heavy (non-hydrogen) atoms. The maximum atomic E-state index is 12.2. The first-order chi connectivity index (χ1) is 9.33. The van der Waals surface area contributed by atoms with Gasteiger partial charge in [0.05, 0.1) is 6.54 Å². The number of aryl methyl sites for hydroxylation is 1. The first kappa shape index (κ1) is 14.8. The largest absolute Gasteiger partial charge is 0.472 e. The fourth-order valence-electron chi connectivity index (χ4n) is 2.37. The quantitative estimate of drug-likeness (QED) is 0.852. The number of carbonyl (C=O) groups excluding carboxylic acids is 1. The highest BCUT2D eigenvalue weighted by atomic mass is 16.5. The molecule has 1 saturated heterocycles. The molecule has 110 valence electrons. The predicted molar refractivity (Wildman–Crippen MR) is 78.7 cm³/mol. The van der Waals surface area contributed by atoms with E-state index >= 15 is 0 Å². The average Bonchev–Trinajstić information content (AvgIpc) is 2.75. The molecule has 1 aliphatic rings. The van der Waals surface area contributed by atoms with Gasteiger partial charge in [0.15, 0.2) is 0 Å². The third-order valence-electron chi connectivity index (χ3n) is 3.33. The molecule has 0 saturated carbocycles. The zero-order chi connectivity index (χ0) is 14.8. The molecule has 1 amide bonds. The van der Waals surface area contributed by atoms with Crippen molar-refractivity contribution in [1.82, 2.24) is 9.88 Å². The van der Waals surface area contributed by atoms with E-state index in [1.54, 1.807) is 0 Å². The van der Waals surface area contributed by atoms with Gasteiger partial charge in [-0.05, 0) is 18.4 Å². The van der Waals surface area contributed by atoms with Gasteiger partial charge in [-0.1, -0.05) is 26.8 Å². The van der Waals surface area contributed by atoms with E-state index in [1.807, 2.05) is 30.0 Å². The number of ether oxygens (including phenoxy) is 1. The highest BCUT2D eigenvalue weighted by Gasteiger charge is 2.29. The summed E-state index contributed by atoms with van der Waals surface area (Å²) in [5.41, 5.74) is 0.981. The highest BCUT2D eigenvalue weighted by molar-refractivity contribution is 5.77. The lowest BCUT2D eigenvalue weighted by Crippen LogP contribution is -2.33. The molecular formula is C16H24N2O2. The lowest BCUT2D eigenvalue weighted by molar-refractivity contribution is -0.132. The Morgan fingerprint density at radius 3 is 2.85 bits per heavy atom. The number of aromatic nitrogens is 1. The number of rotatable bonds is 3. The van der Waals surface area contributed by atoms with E-state index in [1.165, 1.54) is 0 Å². The maximum Gasteiger partial charge on any atom is 0.223 e. The topological polar surface area (TPSA) is 42.4 Å². The number of amides is 1. The van der Waals surface area contributed by atoms with Gasteiger partial charge in [-0.15, -0.1) is 0 Å². The minimum Gasteiger partial charge on any atom is -0.472 e. The lowest BCUT2D eigenvalue weighted by atomic mass is 9.92. The van der Waals surface area contributed by atoms with Crippen molar-refractivity contribution in [2.75, 3.05) is 13.1 Å². The van der Waals surface area contributed by atoms with E-state index in [4.69, 9.17) is 4.74 Å². The summed E-state index contributed by atoms with van der Waals surface area (Å²) in [6.45, 7) is 9.67. The van der Waals surface area contributed by atoms with Crippen LogP contribution in [0.2, 0.25) is 0 Å². The SMILES string of the molecule is Cc1cccc(OC2CCN(C(=O)CC(C)(C)C)C2)n1. The van der Waals surface area contributed by atoms with Gasteiger partial charge in [0.1, 0.15) is 6.10 Å². The molecule has 1 aromatic heterocycles. The van der Waals surface area contributed by atoms with Crippen LogP contribution >= 0.6 is 0 Å². The van der Waals surface area contributed by atoms with Crippen molar-refractivity contribution < 1.29 is 9.53 Å². The second-order valence-electron chi connectivity index (χ2n) is 6.72. The molecule has 1 atom stereocenters. The highest BCUT2D eigenvalue weighted by Crippen LogP contribution is 2.23. The molecular weight excluding hydrogens is 252 g/mol. The van der Waals surface area contributed by atoms with Crippen molar-refractivity contribution in [1.29, 1.82) is 0 Å². The number of hydrogen-bond donors (Lipinski definition) is 0. The van der Waals surface area contributed by atoms with Crippen LogP contribution in [0.25, 0.3) is 0 Å². The van der Waals surface area contributed by atoms with E-state index in [0.717, 1.165) is 18.7 Å². The molecule has 0 aromatic carbocycles. The summed E-state index contributed by atoms with van der Waals surface area (Å²) in [6, 6.07) is 5.75. The predicted octanol–water partition coefficient (Wildman–Crippen LogP) is 2.81. The first-order valence-corrected chi connectivity index (χ1v) is 7.21. The summed E-state index contributed by atoms with van der Waals surface area (Å²) >= 11 is 0. The Labute approximate surface area is 121 Å². The van der Waals surface area contributed by atoms with Crippen LogP contribution in [0.5, 0.6) is 5.88 Å². The second-order valence-corrected chi connectivity index (χ2v) is 6.72. The number of hydrogen-bond acceptors (Lipinski definition) is 3. The second kappa shape index (κ2) is 5.81. The average molecular weight is 276 g/mol. The molecule has 1 aromatic rings. The molecule has 0 aliphatic carbocycles. The zero-order valence-corrected chi connectivity index (χ0v) is 12.8. The molecule has 4 heteroatoms. The Bertz CT molecular complexity index is 480. The summed E-state index contributed by atoms with van der Waals surface area (Å²) < 4.78 is 5.86. The summed E-state index contributed by atoms with van der Waals surface area (Å²) in [6.07, 6.45) is 1.53. The van der Waals surface area contributed by atoms with Gasteiger partial charge in [-0.2, -0.15) is 0 Å². The van der Waals surface area contributed by atoms with Crippen molar-refractivity contribution in [3.05, 3.63) is 23.9 Å². The molecule has 0 N–H and O–H groups in total. The normalized spacial score (nSPS) is 19.2.